The van der Waals surface area contributed by atoms with Crippen LogP contribution in [0.1, 0.15) is 22.8 Å². The molecule has 0 atom stereocenters. The van der Waals surface area contributed by atoms with Crippen molar-refractivity contribution in [1.29, 1.82) is 0 Å². The molecule has 0 fully saturated rings. The first kappa shape index (κ1) is 14.7. The maximum Gasteiger partial charge on any atom is 0.163 e. The number of ether oxygens (including phenoxy) is 1. The van der Waals surface area contributed by atoms with Gasteiger partial charge in [0.2, 0.25) is 0 Å². The monoisotopic (exact) mass is 340 g/mol. The van der Waals surface area contributed by atoms with Crippen molar-refractivity contribution in [3.05, 3.63) is 63.6 Å². The fraction of sp³-hybridized carbons (Fsp3) is 0.133. The van der Waals surface area contributed by atoms with E-state index in [0.717, 1.165) is 6.07 Å². The van der Waals surface area contributed by atoms with E-state index in [2.05, 4.69) is 15.9 Å². The Morgan fingerprint density at radius 2 is 1.95 bits per heavy atom. The van der Waals surface area contributed by atoms with Gasteiger partial charge in [-0.05, 0) is 31.2 Å². The fourth-order valence-corrected chi connectivity index (χ4v) is 2.03. The van der Waals surface area contributed by atoms with Gasteiger partial charge in [0.25, 0.3) is 0 Å². The zero-order valence-electron chi connectivity index (χ0n) is 10.6. The maximum atomic E-state index is 13.6. The van der Waals surface area contributed by atoms with Gasteiger partial charge in [-0.1, -0.05) is 22.0 Å². The summed E-state index contributed by atoms with van der Waals surface area (Å²) >= 11 is 3.16. The summed E-state index contributed by atoms with van der Waals surface area (Å²) in [7, 11) is 0. The van der Waals surface area contributed by atoms with E-state index in [1.54, 1.807) is 12.1 Å². The number of rotatable bonds is 4. The molecule has 2 aromatic rings. The van der Waals surface area contributed by atoms with Gasteiger partial charge in [-0.2, -0.15) is 0 Å². The van der Waals surface area contributed by atoms with E-state index in [9.17, 15) is 13.6 Å². The molecule has 0 spiro atoms. The summed E-state index contributed by atoms with van der Waals surface area (Å²) in [5, 5.41) is 0. The van der Waals surface area contributed by atoms with E-state index < -0.39 is 11.6 Å². The van der Waals surface area contributed by atoms with Crippen molar-refractivity contribution in [2.24, 2.45) is 0 Å². The van der Waals surface area contributed by atoms with Crippen LogP contribution in [0.5, 0.6) is 5.75 Å². The molecule has 0 saturated carbocycles. The van der Waals surface area contributed by atoms with Crippen LogP contribution in [0.3, 0.4) is 0 Å². The number of carbonyl (C=O) groups excluding carboxylic acids is 1. The Bertz CT molecular complexity index is 656. The van der Waals surface area contributed by atoms with Gasteiger partial charge < -0.3 is 4.74 Å². The molecule has 0 saturated heterocycles. The summed E-state index contributed by atoms with van der Waals surface area (Å²) in [6, 6.07) is 8.21. The zero-order chi connectivity index (χ0) is 14.7. The summed E-state index contributed by atoms with van der Waals surface area (Å²) in [6.45, 7) is 1.28. The molecule has 0 amide bonds. The highest BCUT2D eigenvalue weighted by molar-refractivity contribution is 9.10. The lowest BCUT2D eigenvalue weighted by molar-refractivity contribution is 0.101. The number of halogens is 3. The first-order chi connectivity index (χ1) is 9.47. The van der Waals surface area contributed by atoms with Crippen molar-refractivity contribution < 1.29 is 18.3 Å². The molecule has 2 aromatic carbocycles. The molecule has 0 aliphatic heterocycles. The molecule has 2 nitrogen and oxygen atoms in total. The van der Waals surface area contributed by atoms with Crippen molar-refractivity contribution in [2.75, 3.05) is 0 Å². The van der Waals surface area contributed by atoms with E-state index >= 15 is 0 Å². The van der Waals surface area contributed by atoms with E-state index in [0.29, 0.717) is 10.0 Å². The Kier molecular flexibility index (Phi) is 4.49. The first-order valence-corrected chi connectivity index (χ1v) is 6.64. The third kappa shape index (κ3) is 3.42. The number of hydrogen-bond donors (Lipinski definition) is 0. The number of ketones is 1. The topological polar surface area (TPSA) is 26.3 Å². The Labute approximate surface area is 123 Å². The average Bonchev–Trinajstić information content (AvgIpc) is 2.37. The Morgan fingerprint density at radius 1 is 1.20 bits per heavy atom. The summed E-state index contributed by atoms with van der Waals surface area (Å²) in [5.41, 5.74) is 0.593. The second-order valence-electron chi connectivity index (χ2n) is 4.22. The lowest BCUT2D eigenvalue weighted by atomic mass is 10.1. The third-order valence-electron chi connectivity index (χ3n) is 2.72. The molecule has 104 valence electrons. The highest BCUT2D eigenvalue weighted by atomic mass is 79.9. The lowest BCUT2D eigenvalue weighted by Crippen LogP contribution is -2.03. The quantitative estimate of drug-likeness (QED) is 0.765. The van der Waals surface area contributed by atoms with Crippen LogP contribution >= 0.6 is 15.9 Å². The van der Waals surface area contributed by atoms with Gasteiger partial charge in [-0.25, -0.2) is 8.78 Å². The van der Waals surface area contributed by atoms with E-state index in [1.807, 2.05) is 0 Å². The molecule has 0 aromatic heterocycles. The smallest absolute Gasteiger partial charge is 0.163 e. The largest absolute Gasteiger partial charge is 0.488 e. The van der Waals surface area contributed by atoms with Gasteiger partial charge in [0.1, 0.15) is 24.0 Å². The van der Waals surface area contributed by atoms with Crippen molar-refractivity contribution in [3.8, 4) is 5.75 Å². The predicted molar refractivity (Wildman–Crippen MR) is 74.8 cm³/mol. The molecular weight excluding hydrogens is 330 g/mol. The SMILES string of the molecule is CC(=O)c1ccc(F)cc1OCc1ccc(Br)cc1F. The third-order valence-corrected chi connectivity index (χ3v) is 3.21. The summed E-state index contributed by atoms with van der Waals surface area (Å²) in [5.74, 6) is -1.07. The molecule has 0 aliphatic rings. The van der Waals surface area contributed by atoms with Crippen molar-refractivity contribution in [1.82, 2.24) is 0 Å². The average molecular weight is 341 g/mol. The van der Waals surface area contributed by atoms with Crippen molar-refractivity contribution in [2.45, 2.75) is 13.5 Å². The fourth-order valence-electron chi connectivity index (χ4n) is 1.70. The number of Topliss-reactive ketones (excluding diaryl/α,β-unsaturated/α-hetero) is 1. The maximum absolute atomic E-state index is 13.6. The first-order valence-electron chi connectivity index (χ1n) is 5.84. The van der Waals surface area contributed by atoms with E-state index in [1.165, 1.54) is 25.1 Å². The highest BCUT2D eigenvalue weighted by Gasteiger charge is 2.11. The molecule has 0 aliphatic carbocycles. The summed E-state index contributed by atoms with van der Waals surface area (Å²) in [6.07, 6.45) is 0. The Morgan fingerprint density at radius 3 is 2.60 bits per heavy atom. The molecule has 2 rings (SSSR count). The van der Waals surface area contributed by atoms with Crippen molar-refractivity contribution in [3.63, 3.8) is 0 Å². The lowest BCUT2D eigenvalue weighted by Gasteiger charge is -2.10. The number of hydrogen-bond acceptors (Lipinski definition) is 2. The molecular formula is C15H11BrF2O2. The van der Waals surface area contributed by atoms with Gasteiger partial charge in [0.05, 0.1) is 5.56 Å². The standard InChI is InChI=1S/C15H11BrF2O2/c1-9(19)13-5-4-12(17)7-15(13)20-8-10-2-3-11(16)6-14(10)18/h2-7H,8H2,1H3. The molecule has 0 bridgehead atoms. The van der Waals surface area contributed by atoms with Crippen LogP contribution in [0.25, 0.3) is 0 Å². The minimum atomic E-state index is -0.513. The minimum absolute atomic E-state index is 0.0805. The van der Waals surface area contributed by atoms with Crippen LogP contribution in [0, 0.1) is 11.6 Å². The van der Waals surface area contributed by atoms with Gasteiger partial charge in [-0.3, -0.25) is 4.79 Å². The molecule has 0 N–H and O–H groups in total. The van der Waals surface area contributed by atoms with Gasteiger partial charge in [0, 0.05) is 16.1 Å². The summed E-state index contributed by atoms with van der Waals surface area (Å²) in [4.78, 5) is 11.4. The zero-order valence-corrected chi connectivity index (χ0v) is 12.2. The van der Waals surface area contributed by atoms with Gasteiger partial charge >= 0.3 is 0 Å². The highest BCUT2D eigenvalue weighted by Crippen LogP contribution is 2.23. The van der Waals surface area contributed by atoms with E-state index in [4.69, 9.17) is 4.74 Å². The Hall–Kier alpha value is -1.75. The minimum Gasteiger partial charge on any atom is -0.488 e. The van der Waals surface area contributed by atoms with Crippen LogP contribution in [0.2, 0.25) is 0 Å². The van der Waals surface area contributed by atoms with Crippen molar-refractivity contribution >= 4 is 21.7 Å². The van der Waals surface area contributed by atoms with Gasteiger partial charge in [-0.15, -0.1) is 0 Å². The van der Waals surface area contributed by atoms with Crippen LogP contribution in [-0.2, 0) is 6.61 Å². The molecule has 0 unspecified atom stereocenters. The summed E-state index contributed by atoms with van der Waals surface area (Å²) < 4.78 is 32.8. The van der Waals surface area contributed by atoms with Gasteiger partial charge in [0.15, 0.2) is 5.78 Å². The Balaban J connectivity index is 2.22. The van der Waals surface area contributed by atoms with Crippen LogP contribution < -0.4 is 4.74 Å². The van der Waals surface area contributed by atoms with Crippen LogP contribution in [0.15, 0.2) is 40.9 Å². The van der Waals surface area contributed by atoms with Crippen LogP contribution in [-0.4, -0.2) is 5.78 Å². The van der Waals surface area contributed by atoms with Crippen LogP contribution in [0.4, 0.5) is 8.78 Å². The second kappa shape index (κ2) is 6.13. The normalized spacial score (nSPS) is 10.4. The number of benzene rings is 2. The molecule has 0 radical (unpaired) electrons. The second-order valence-corrected chi connectivity index (χ2v) is 5.14. The number of carbonyl (C=O) groups is 1. The molecule has 0 heterocycles. The molecule has 5 heteroatoms. The predicted octanol–water partition coefficient (Wildman–Crippen LogP) is 4.51. The molecule has 20 heavy (non-hydrogen) atoms. The van der Waals surface area contributed by atoms with E-state index in [-0.39, 0.29) is 23.7 Å².